The Morgan fingerprint density at radius 3 is 2.53 bits per heavy atom. The van der Waals surface area contributed by atoms with Crippen molar-refractivity contribution in [1.29, 1.82) is 0 Å². The zero-order valence-electron chi connectivity index (χ0n) is 10.8. The lowest BCUT2D eigenvalue weighted by molar-refractivity contribution is 0.0949. The van der Waals surface area contributed by atoms with Crippen LogP contribution in [0.4, 0.5) is 4.39 Å². The molecule has 0 saturated carbocycles. The summed E-state index contributed by atoms with van der Waals surface area (Å²) in [7, 11) is -3.30. The summed E-state index contributed by atoms with van der Waals surface area (Å²) in [6.45, 7) is 2.99. The van der Waals surface area contributed by atoms with Crippen LogP contribution >= 0.6 is 15.9 Å². The van der Waals surface area contributed by atoms with E-state index in [-0.39, 0.29) is 16.6 Å². The molecule has 0 heterocycles. The summed E-state index contributed by atoms with van der Waals surface area (Å²) in [5.41, 5.74) is 0.129. The van der Waals surface area contributed by atoms with Gasteiger partial charge in [-0.25, -0.2) is 12.8 Å². The van der Waals surface area contributed by atoms with Gasteiger partial charge in [0.15, 0.2) is 9.84 Å². The Balaban J connectivity index is 2.85. The Labute approximate surface area is 120 Å². The Kier molecular flexibility index (Phi) is 4.73. The van der Waals surface area contributed by atoms with Crippen LogP contribution in [-0.4, -0.2) is 31.9 Å². The lowest BCUT2D eigenvalue weighted by Gasteiger charge is -2.22. The van der Waals surface area contributed by atoms with Gasteiger partial charge in [0.05, 0.1) is 14.8 Å². The van der Waals surface area contributed by atoms with E-state index in [2.05, 4.69) is 21.2 Å². The van der Waals surface area contributed by atoms with E-state index in [0.717, 1.165) is 6.26 Å². The highest BCUT2D eigenvalue weighted by Crippen LogP contribution is 2.20. The molecule has 1 amide bonds. The number of hydrogen-bond donors (Lipinski definition) is 1. The van der Waals surface area contributed by atoms with Gasteiger partial charge in [0.1, 0.15) is 5.82 Å². The SMILES string of the molecule is CC(C)(CNC(=O)c1cccc(F)c1Br)S(C)(=O)=O. The van der Waals surface area contributed by atoms with E-state index in [0.29, 0.717) is 0 Å². The van der Waals surface area contributed by atoms with Crippen molar-refractivity contribution in [1.82, 2.24) is 5.32 Å². The van der Waals surface area contributed by atoms with Crippen molar-refractivity contribution >= 4 is 31.7 Å². The van der Waals surface area contributed by atoms with E-state index < -0.39 is 26.3 Å². The smallest absolute Gasteiger partial charge is 0.252 e. The minimum atomic E-state index is -3.30. The minimum absolute atomic E-state index is 0.0480. The van der Waals surface area contributed by atoms with Crippen LogP contribution < -0.4 is 5.32 Å². The van der Waals surface area contributed by atoms with Gasteiger partial charge in [-0.2, -0.15) is 0 Å². The van der Waals surface area contributed by atoms with Gasteiger partial charge in [0.25, 0.3) is 5.91 Å². The average Bonchev–Trinajstić information content (AvgIpc) is 2.28. The lowest BCUT2D eigenvalue weighted by Crippen LogP contribution is -2.43. The summed E-state index contributed by atoms with van der Waals surface area (Å²) in [6, 6.07) is 4.09. The molecular weight excluding hydrogens is 337 g/mol. The highest BCUT2D eigenvalue weighted by atomic mass is 79.9. The zero-order valence-corrected chi connectivity index (χ0v) is 13.2. The number of halogens is 2. The third kappa shape index (κ3) is 3.76. The van der Waals surface area contributed by atoms with E-state index in [1.54, 1.807) is 0 Å². The van der Waals surface area contributed by atoms with Gasteiger partial charge in [-0.1, -0.05) is 6.07 Å². The Morgan fingerprint density at radius 1 is 1.42 bits per heavy atom. The van der Waals surface area contributed by atoms with E-state index >= 15 is 0 Å². The fourth-order valence-corrected chi connectivity index (χ4v) is 1.98. The standard InChI is InChI=1S/C12H15BrFNO3S/c1-12(2,19(3,17)18)7-15-11(16)8-5-4-6-9(14)10(8)13/h4-6H,7H2,1-3H3,(H,15,16). The molecule has 0 fully saturated rings. The fourth-order valence-electron chi connectivity index (χ4n) is 1.20. The highest BCUT2D eigenvalue weighted by Gasteiger charge is 2.30. The van der Waals surface area contributed by atoms with Crippen LogP contribution in [0.5, 0.6) is 0 Å². The van der Waals surface area contributed by atoms with E-state index in [9.17, 15) is 17.6 Å². The van der Waals surface area contributed by atoms with Crippen molar-refractivity contribution in [2.75, 3.05) is 12.8 Å². The van der Waals surface area contributed by atoms with Crippen molar-refractivity contribution in [3.8, 4) is 0 Å². The number of rotatable bonds is 4. The molecule has 0 aliphatic heterocycles. The lowest BCUT2D eigenvalue weighted by atomic mass is 10.1. The molecule has 0 radical (unpaired) electrons. The topological polar surface area (TPSA) is 63.2 Å². The van der Waals surface area contributed by atoms with Gasteiger partial charge in [-0.05, 0) is 41.9 Å². The summed E-state index contributed by atoms with van der Waals surface area (Å²) in [5.74, 6) is -1.07. The molecule has 0 aromatic heterocycles. The summed E-state index contributed by atoms with van der Waals surface area (Å²) in [5, 5.41) is 2.50. The van der Waals surface area contributed by atoms with Gasteiger partial charge < -0.3 is 5.32 Å². The summed E-state index contributed by atoms with van der Waals surface area (Å²) >= 11 is 2.99. The third-order valence-electron chi connectivity index (χ3n) is 2.87. The average molecular weight is 352 g/mol. The fraction of sp³-hybridized carbons (Fsp3) is 0.417. The number of nitrogens with one attached hydrogen (secondary N) is 1. The highest BCUT2D eigenvalue weighted by molar-refractivity contribution is 9.10. The van der Waals surface area contributed by atoms with Crippen molar-refractivity contribution in [3.63, 3.8) is 0 Å². The molecule has 1 N–H and O–H groups in total. The van der Waals surface area contributed by atoms with Crippen LogP contribution in [0.2, 0.25) is 0 Å². The van der Waals surface area contributed by atoms with Crippen molar-refractivity contribution in [2.45, 2.75) is 18.6 Å². The molecular formula is C12H15BrFNO3S. The van der Waals surface area contributed by atoms with Gasteiger partial charge in [0.2, 0.25) is 0 Å². The molecule has 0 bridgehead atoms. The molecule has 1 aromatic carbocycles. The maximum Gasteiger partial charge on any atom is 0.252 e. The van der Waals surface area contributed by atoms with Gasteiger partial charge >= 0.3 is 0 Å². The predicted octanol–water partition coefficient (Wildman–Crippen LogP) is 2.14. The summed E-state index contributed by atoms with van der Waals surface area (Å²) in [4.78, 5) is 11.9. The molecule has 0 saturated heterocycles. The largest absolute Gasteiger partial charge is 0.350 e. The molecule has 1 aromatic rings. The number of sulfone groups is 1. The van der Waals surface area contributed by atoms with E-state index in [4.69, 9.17) is 0 Å². The summed E-state index contributed by atoms with van der Waals surface area (Å²) in [6.07, 6.45) is 1.11. The maximum absolute atomic E-state index is 13.3. The van der Waals surface area contributed by atoms with Crippen LogP contribution in [0, 0.1) is 5.82 Å². The first kappa shape index (κ1) is 16.1. The van der Waals surface area contributed by atoms with Crippen LogP contribution in [-0.2, 0) is 9.84 Å². The second-order valence-corrected chi connectivity index (χ2v) is 8.26. The van der Waals surface area contributed by atoms with Crippen LogP contribution in [0.3, 0.4) is 0 Å². The molecule has 0 atom stereocenters. The third-order valence-corrected chi connectivity index (χ3v) is 5.83. The van der Waals surface area contributed by atoms with Crippen molar-refractivity contribution in [3.05, 3.63) is 34.1 Å². The van der Waals surface area contributed by atoms with Crippen molar-refractivity contribution in [2.24, 2.45) is 0 Å². The van der Waals surface area contributed by atoms with Crippen molar-refractivity contribution < 1.29 is 17.6 Å². The number of benzene rings is 1. The Hall–Kier alpha value is -0.950. The van der Waals surface area contributed by atoms with Crippen LogP contribution in [0.25, 0.3) is 0 Å². The first-order valence-corrected chi connectivity index (χ1v) is 8.16. The van der Waals surface area contributed by atoms with E-state index in [1.165, 1.54) is 32.0 Å². The Bertz CT molecular complexity index is 599. The number of amides is 1. The first-order valence-electron chi connectivity index (χ1n) is 5.48. The predicted molar refractivity (Wildman–Crippen MR) is 75.4 cm³/mol. The van der Waals surface area contributed by atoms with Gasteiger partial charge in [0, 0.05) is 12.8 Å². The molecule has 7 heteroatoms. The molecule has 4 nitrogen and oxygen atoms in total. The molecule has 0 spiro atoms. The molecule has 1 rings (SSSR count). The monoisotopic (exact) mass is 351 g/mol. The Morgan fingerprint density at radius 2 is 2.00 bits per heavy atom. The molecule has 19 heavy (non-hydrogen) atoms. The quantitative estimate of drug-likeness (QED) is 0.903. The summed E-state index contributed by atoms with van der Waals surface area (Å²) < 4.78 is 35.3. The van der Waals surface area contributed by atoms with Gasteiger partial charge in [-0.3, -0.25) is 4.79 Å². The van der Waals surface area contributed by atoms with Gasteiger partial charge in [-0.15, -0.1) is 0 Å². The molecule has 0 aliphatic carbocycles. The van der Waals surface area contributed by atoms with Crippen LogP contribution in [0.15, 0.2) is 22.7 Å². The normalized spacial score (nSPS) is 12.3. The van der Waals surface area contributed by atoms with E-state index in [1.807, 2.05) is 0 Å². The molecule has 0 aliphatic rings. The minimum Gasteiger partial charge on any atom is -0.350 e. The number of carbonyl (C=O) groups is 1. The second-order valence-electron chi connectivity index (χ2n) is 4.82. The number of hydrogen-bond acceptors (Lipinski definition) is 3. The molecule has 106 valence electrons. The first-order chi connectivity index (χ1) is 8.56. The zero-order chi connectivity index (χ0) is 14.8. The maximum atomic E-state index is 13.3. The van der Waals surface area contributed by atoms with Crippen LogP contribution in [0.1, 0.15) is 24.2 Å². The second kappa shape index (κ2) is 5.58. The number of carbonyl (C=O) groups excluding carboxylic acids is 1. The molecule has 0 unspecified atom stereocenters.